The van der Waals surface area contributed by atoms with Crippen molar-refractivity contribution in [1.82, 2.24) is 0 Å². The molecule has 0 spiro atoms. The smallest absolute Gasteiger partial charge is 0.256 e. The molecule has 0 N–H and O–H groups in total. The molecule has 2 aliphatic rings. The Bertz CT molecular complexity index is 727. The van der Waals surface area contributed by atoms with Crippen LogP contribution in [-0.2, 0) is 4.79 Å². The van der Waals surface area contributed by atoms with E-state index in [-0.39, 0.29) is 11.8 Å². The number of amides is 1. The number of benzene rings is 2. The Morgan fingerprint density at radius 1 is 1.05 bits per heavy atom. The Balaban J connectivity index is 1.82. The van der Waals surface area contributed by atoms with Crippen molar-refractivity contribution in [3.05, 3.63) is 60.2 Å². The molecule has 1 unspecified atom stereocenters. The monoisotopic (exact) mass is 294 g/mol. The molecule has 0 saturated carbocycles. The van der Waals surface area contributed by atoms with E-state index in [4.69, 9.17) is 0 Å². The van der Waals surface area contributed by atoms with Crippen LogP contribution in [0, 0.1) is 5.92 Å². The summed E-state index contributed by atoms with van der Waals surface area (Å²) >= 11 is 1.81. The average molecular weight is 294 g/mol. The van der Waals surface area contributed by atoms with Crippen LogP contribution in [0.25, 0.3) is 0 Å². The molecule has 1 amide bonds. The van der Waals surface area contributed by atoms with Crippen LogP contribution < -0.4 is 5.01 Å². The lowest BCUT2D eigenvalue weighted by atomic mass is 9.94. The fourth-order valence-electron chi connectivity index (χ4n) is 2.84. The van der Waals surface area contributed by atoms with E-state index in [9.17, 15) is 4.79 Å². The molecule has 0 fully saturated rings. The van der Waals surface area contributed by atoms with Gasteiger partial charge in [-0.25, -0.2) is 0 Å². The summed E-state index contributed by atoms with van der Waals surface area (Å²) in [7, 11) is 0. The predicted molar refractivity (Wildman–Crippen MR) is 85.7 cm³/mol. The standard InChI is InChI=1S/C17H14N2OS/c20-17-14-10-11-21-15-9-5-4-8-13(15)16(14)18-19(17)12-6-2-1-3-7-12/h1-9,14H,10-11H2. The predicted octanol–water partition coefficient (Wildman–Crippen LogP) is 3.55. The molecule has 21 heavy (non-hydrogen) atoms. The molecule has 4 heteroatoms. The summed E-state index contributed by atoms with van der Waals surface area (Å²) in [5.74, 6) is 0.935. The molecule has 2 aromatic carbocycles. The second kappa shape index (κ2) is 5.04. The molecule has 0 aliphatic carbocycles. The third-order valence-corrected chi connectivity index (χ3v) is 4.98. The van der Waals surface area contributed by atoms with Gasteiger partial charge in [0.15, 0.2) is 0 Å². The third kappa shape index (κ3) is 2.07. The van der Waals surface area contributed by atoms with Gasteiger partial charge in [-0.05, 0) is 30.4 Å². The Morgan fingerprint density at radius 2 is 1.81 bits per heavy atom. The van der Waals surface area contributed by atoms with E-state index in [1.807, 2.05) is 54.2 Å². The number of hydrazone groups is 1. The number of carbonyl (C=O) groups excluding carboxylic acids is 1. The summed E-state index contributed by atoms with van der Waals surface area (Å²) in [6.45, 7) is 0. The van der Waals surface area contributed by atoms with Crippen molar-refractivity contribution >= 4 is 29.1 Å². The number of carbonyl (C=O) groups is 1. The van der Waals surface area contributed by atoms with Crippen LogP contribution >= 0.6 is 11.8 Å². The molecular formula is C17H14N2OS. The number of thioether (sulfide) groups is 1. The van der Waals surface area contributed by atoms with E-state index in [0.29, 0.717) is 0 Å². The van der Waals surface area contributed by atoms with Crippen LogP contribution in [0.4, 0.5) is 5.69 Å². The highest BCUT2D eigenvalue weighted by atomic mass is 32.2. The van der Waals surface area contributed by atoms with Gasteiger partial charge in [0.25, 0.3) is 5.91 Å². The topological polar surface area (TPSA) is 32.7 Å². The van der Waals surface area contributed by atoms with Crippen LogP contribution in [0.5, 0.6) is 0 Å². The Kier molecular flexibility index (Phi) is 3.04. The highest BCUT2D eigenvalue weighted by Gasteiger charge is 2.39. The molecule has 0 aromatic heterocycles. The van der Waals surface area contributed by atoms with Gasteiger partial charge in [-0.3, -0.25) is 4.79 Å². The minimum Gasteiger partial charge on any atom is -0.272 e. The van der Waals surface area contributed by atoms with Gasteiger partial charge >= 0.3 is 0 Å². The first-order valence-corrected chi connectivity index (χ1v) is 8.03. The van der Waals surface area contributed by atoms with Gasteiger partial charge in [0, 0.05) is 10.5 Å². The SMILES string of the molecule is O=C1C2CCSc3ccccc3C2=NN1c1ccccc1. The first-order chi connectivity index (χ1) is 10.3. The van der Waals surface area contributed by atoms with Crippen molar-refractivity contribution in [2.45, 2.75) is 11.3 Å². The van der Waals surface area contributed by atoms with Crippen LogP contribution in [0.2, 0.25) is 0 Å². The lowest BCUT2D eigenvalue weighted by Gasteiger charge is -2.13. The van der Waals surface area contributed by atoms with Crippen LogP contribution in [0.3, 0.4) is 0 Å². The lowest BCUT2D eigenvalue weighted by molar-refractivity contribution is -0.119. The summed E-state index contributed by atoms with van der Waals surface area (Å²) in [6.07, 6.45) is 0.848. The number of hydrogen-bond acceptors (Lipinski definition) is 3. The van der Waals surface area contributed by atoms with Crippen molar-refractivity contribution < 1.29 is 4.79 Å². The van der Waals surface area contributed by atoms with Crippen molar-refractivity contribution in [2.75, 3.05) is 10.8 Å². The maximum Gasteiger partial charge on any atom is 0.256 e. The minimum atomic E-state index is -0.110. The summed E-state index contributed by atoms with van der Waals surface area (Å²) in [5.41, 5.74) is 2.87. The molecule has 1 atom stereocenters. The molecule has 104 valence electrons. The maximum atomic E-state index is 12.7. The zero-order valence-corrected chi connectivity index (χ0v) is 12.2. The zero-order valence-electron chi connectivity index (χ0n) is 11.4. The summed E-state index contributed by atoms with van der Waals surface area (Å²) in [4.78, 5) is 13.9. The summed E-state index contributed by atoms with van der Waals surface area (Å²) in [6, 6.07) is 17.9. The number of fused-ring (bicyclic) bond motifs is 3. The fourth-order valence-corrected chi connectivity index (χ4v) is 3.91. The molecule has 2 aromatic rings. The van der Waals surface area contributed by atoms with E-state index >= 15 is 0 Å². The van der Waals surface area contributed by atoms with Gasteiger partial charge < -0.3 is 0 Å². The average Bonchev–Trinajstić information content (AvgIpc) is 2.75. The molecule has 0 radical (unpaired) electrons. The van der Waals surface area contributed by atoms with Crippen molar-refractivity contribution in [3.63, 3.8) is 0 Å². The van der Waals surface area contributed by atoms with E-state index in [1.165, 1.54) is 4.90 Å². The number of hydrogen-bond donors (Lipinski definition) is 0. The second-order valence-electron chi connectivity index (χ2n) is 5.16. The summed E-state index contributed by atoms with van der Waals surface area (Å²) < 4.78 is 0. The van der Waals surface area contributed by atoms with E-state index < -0.39 is 0 Å². The number of rotatable bonds is 1. The van der Waals surface area contributed by atoms with Crippen LogP contribution in [0.15, 0.2) is 64.6 Å². The molecule has 4 rings (SSSR count). The zero-order chi connectivity index (χ0) is 14.2. The maximum absolute atomic E-state index is 12.7. The molecule has 0 bridgehead atoms. The van der Waals surface area contributed by atoms with Gasteiger partial charge in [0.1, 0.15) is 0 Å². The highest BCUT2D eigenvalue weighted by Crippen LogP contribution is 2.36. The van der Waals surface area contributed by atoms with Crippen molar-refractivity contribution in [3.8, 4) is 0 Å². The van der Waals surface area contributed by atoms with Gasteiger partial charge in [0.05, 0.1) is 17.3 Å². The molecule has 0 saturated heterocycles. The van der Waals surface area contributed by atoms with Gasteiger partial charge in [-0.1, -0.05) is 36.4 Å². The van der Waals surface area contributed by atoms with Crippen LogP contribution in [0.1, 0.15) is 12.0 Å². The minimum absolute atomic E-state index is 0.0912. The molecular weight excluding hydrogens is 280 g/mol. The van der Waals surface area contributed by atoms with Crippen molar-refractivity contribution in [1.29, 1.82) is 0 Å². The highest BCUT2D eigenvalue weighted by molar-refractivity contribution is 7.99. The van der Waals surface area contributed by atoms with Gasteiger partial charge in [-0.15, -0.1) is 11.8 Å². The first kappa shape index (κ1) is 12.7. The quantitative estimate of drug-likeness (QED) is 0.805. The molecule has 2 heterocycles. The van der Waals surface area contributed by atoms with Gasteiger partial charge in [0.2, 0.25) is 0 Å². The Labute approximate surface area is 127 Å². The number of nitrogens with zero attached hydrogens (tertiary/aromatic N) is 2. The molecule has 2 aliphatic heterocycles. The normalized spacial score (nSPS) is 20.6. The number of anilines is 1. The largest absolute Gasteiger partial charge is 0.272 e. The first-order valence-electron chi connectivity index (χ1n) is 7.04. The lowest BCUT2D eigenvalue weighted by Crippen LogP contribution is -2.27. The second-order valence-corrected chi connectivity index (χ2v) is 6.29. The Hall–Kier alpha value is -2.07. The number of para-hydroxylation sites is 1. The fraction of sp³-hybridized carbons (Fsp3) is 0.176. The summed E-state index contributed by atoms with van der Waals surface area (Å²) in [5, 5.41) is 6.21. The van der Waals surface area contributed by atoms with Gasteiger partial charge in [-0.2, -0.15) is 10.1 Å². The Morgan fingerprint density at radius 3 is 2.67 bits per heavy atom. The third-order valence-electron chi connectivity index (χ3n) is 3.87. The van der Waals surface area contributed by atoms with E-state index in [2.05, 4.69) is 17.2 Å². The van der Waals surface area contributed by atoms with Crippen LogP contribution in [-0.4, -0.2) is 17.4 Å². The van der Waals surface area contributed by atoms with E-state index in [0.717, 1.165) is 29.1 Å². The van der Waals surface area contributed by atoms with Crippen molar-refractivity contribution in [2.24, 2.45) is 11.0 Å². The molecule has 3 nitrogen and oxygen atoms in total. The van der Waals surface area contributed by atoms with E-state index in [1.54, 1.807) is 5.01 Å².